The van der Waals surface area contributed by atoms with Gasteiger partial charge in [0, 0.05) is 43.5 Å². The number of piperazine rings is 1. The Bertz CT molecular complexity index is 1330. The Morgan fingerprint density at radius 3 is 2.64 bits per heavy atom. The van der Waals surface area contributed by atoms with Gasteiger partial charge < -0.3 is 14.2 Å². The number of nitriles is 1. The van der Waals surface area contributed by atoms with E-state index in [4.69, 9.17) is 16.0 Å². The van der Waals surface area contributed by atoms with Gasteiger partial charge in [0.15, 0.2) is 11.5 Å². The number of amides is 1. The average Bonchev–Trinajstić information content (AvgIpc) is 3.54. The van der Waals surface area contributed by atoms with Gasteiger partial charge in [-0.2, -0.15) is 10.4 Å². The van der Waals surface area contributed by atoms with Crippen molar-refractivity contribution in [1.82, 2.24) is 19.7 Å². The molecule has 0 atom stereocenters. The molecule has 0 aliphatic carbocycles. The normalized spacial score (nSPS) is 13.7. The first-order valence-electron chi connectivity index (χ1n) is 10.4. The standard InChI is InChI=1S/C24H19ClN6O2/c25-18-5-1-6-19(14-18)31-21(22-7-3-13-33-22)15-20(28-31)24(32)30-11-9-29(10-12-30)23-17(16-26)4-2-8-27-23/h1-8,13-15H,9-12H2. The van der Waals surface area contributed by atoms with Gasteiger partial charge in [-0.25, -0.2) is 9.67 Å². The molecule has 1 aromatic carbocycles. The second-order valence-corrected chi connectivity index (χ2v) is 7.99. The topological polar surface area (TPSA) is 91.2 Å². The first-order valence-corrected chi connectivity index (χ1v) is 10.8. The van der Waals surface area contributed by atoms with E-state index < -0.39 is 0 Å². The summed E-state index contributed by atoms with van der Waals surface area (Å²) in [4.78, 5) is 21.4. The highest BCUT2D eigenvalue weighted by molar-refractivity contribution is 6.30. The Morgan fingerprint density at radius 1 is 1.06 bits per heavy atom. The highest BCUT2D eigenvalue weighted by Gasteiger charge is 2.27. The number of rotatable bonds is 4. The molecule has 1 fully saturated rings. The molecule has 0 bridgehead atoms. The summed E-state index contributed by atoms with van der Waals surface area (Å²) >= 11 is 6.18. The number of carbonyl (C=O) groups is 1. The van der Waals surface area contributed by atoms with E-state index in [1.54, 1.807) is 58.4 Å². The maximum atomic E-state index is 13.3. The molecule has 1 amide bonds. The highest BCUT2D eigenvalue weighted by Crippen LogP contribution is 2.27. The van der Waals surface area contributed by atoms with Crippen LogP contribution in [0.15, 0.2) is 71.5 Å². The van der Waals surface area contributed by atoms with Crippen LogP contribution in [-0.2, 0) is 0 Å². The second kappa shape index (κ2) is 8.81. The van der Waals surface area contributed by atoms with E-state index in [1.807, 2.05) is 23.1 Å². The molecule has 4 aromatic rings. The Labute approximate surface area is 195 Å². The zero-order valence-corrected chi connectivity index (χ0v) is 18.3. The number of benzene rings is 1. The van der Waals surface area contributed by atoms with Gasteiger partial charge in [-0.15, -0.1) is 0 Å². The minimum atomic E-state index is -0.162. The zero-order chi connectivity index (χ0) is 22.8. The lowest BCUT2D eigenvalue weighted by molar-refractivity contribution is 0.0740. The lowest BCUT2D eigenvalue weighted by Gasteiger charge is -2.35. The van der Waals surface area contributed by atoms with Crippen LogP contribution in [0.5, 0.6) is 0 Å². The van der Waals surface area contributed by atoms with E-state index in [0.29, 0.717) is 59.7 Å². The molecular weight excluding hydrogens is 440 g/mol. The van der Waals surface area contributed by atoms with Crippen molar-refractivity contribution in [2.24, 2.45) is 0 Å². The first kappa shape index (κ1) is 20.8. The third kappa shape index (κ3) is 4.06. The fraction of sp³-hybridized carbons (Fsp3) is 0.167. The summed E-state index contributed by atoms with van der Waals surface area (Å²) in [7, 11) is 0. The fourth-order valence-electron chi connectivity index (χ4n) is 3.91. The van der Waals surface area contributed by atoms with Crippen LogP contribution in [0.2, 0.25) is 5.02 Å². The van der Waals surface area contributed by atoms with E-state index in [2.05, 4.69) is 16.2 Å². The number of anilines is 1. The number of nitrogens with zero attached hydrogens (tertiary/aromatic N) is 6. The SMILES string of the molecule is N#Cc1cccnc1N1CCN(C(=O)c2cc(-c3ccco3)n(-c3cccc(Cl)c3)n2)CC1. The summed E-state index contributed by atoms with van der Waals surface area (Å²) in [5.74, 6) is 1.09. The predicted molar refractivity (Wildman–Crippen MR) is 123 cm³/mol. The molecule has 3 aromatic heterocycles. The average molecular weight is 459 g/mol. The van der Waals surface area contributed by atoms with Crippen LogP contribution in [0.25, 0.3) is 17.1 Å². The predicted octanol–water partition coefficient (Wildman–Crippen LogP) is 4.01. The van der Waals surface area contributed by atoms with Gasteiger partial charge in [-0.3, -0.25) is 4.79 Å². The molecule has 5 rings (SSSR count). The minimum absolute atomic E-state index is 0.162. The number of hydrogen-bond acceptors (Lipinski definition) is 6. The van der Waals surface area contributed by atoms with Gasteiger partial charge in [0.05, 0.1) is 17.5 Å². The van der Waals surface area contributed by atoms with Gasteiger partial charge in [-0.1, -0.05) is 17.7 Å². The van der Waals surface area contributed by atoms with Crippen LogP contribution in [0.4, 0.5) is 5.82 Å². The van der Waals surface area contributed by atoms with E-state index in [9.17, 15) is 10.1 Å². The van der Waals surface area contributed by atoms with E-state index >= 15 is 0 Å². The third-order valence-electron chi connectivity index (χ3n) is 5.53. The molecule has 4 heterocycles. The molecule has 0 N–H and O–H groups in total. The van der Waals surface area contributed by atoms with Crippen LogP contribution in [0.3, 0.4) is 0 Å². The Morgan fingerprint density at radius 2 is 1.91 bits per heavy atom. The van der Waals surface area contributed by atoms with Crippen molar-refractivity contribution < 1.29 is 9.21 Å². The molecule has 1 aliphatic rings. The van der Waals surface area contributed by atoms with Crippen molar-refractivity contribution in [3.8, 4) is 23.2 Å². The zero-order valence-electron chi connectivity index (χ0n) is 17.6. The number of hydrogen-bond donors (Lipinski definition) is 0. The maximum absolute atomic E-state index is 13.3. The third-order valence-corrected chi connectivity index (χ3v) is 5.76. The quantitative estimate of drug-likeness (QED) is 0.458. The van der Waals surface area contributed by atoms with Crippen molar-refractivity contribution in [3.63, 3.8) is 0 Å². The number of pyridine rings is 1. The van der Waals surface area contributed by atoms with Gasteiger partial charge in [0.25, 0.3) is 5.91 Å². The Hall–Kier alpha value is -4.09. The van der Waals surface area contributed by atoms with Crippen molar-refractivity contribution in [2.75, 3.05) is 31.1 Å². The lowest BCUT2D eigenvalue weighted by atomic mass is 10.2. The smallest absolute Gasteiger partial charge is 0.274 e. The van der Waals surface area contributed by atoms with Crippen LogP contribution in [0.1, 0.15) is 16.1 Å². The Balaban J connectivity index is 1.39. The summed E-state index contributed by atoms with van der Waals surface area (Å²) in [6, 6.07) is 18.3. The first-order chi connectivity index (χ1) is 16.1. The van der Waals surface area contributed by atoms with Gasteiger partial charge in [0.1, 0.15) is 17.6 Å². The summed E-state index contributed by atoms with van der Waals surface area (Å²) in [5, 5.41) is 14.5. The van der Waals surface area contributed by atoms with Crippen molar-refractivity contribution in [3.05, 3.63) is 83.3 Å². The molecule has 0 saturated carbocycles. The fourth-order valence-corrected chi connectivity index (χ4v) is 4.09. The van der Waals surface area contributed by atoms with Crippen molar-refractivity contribution >= 4 is 23.3 Å². The van der Waals surface area contributed by atoms with Gasteiger partial charge >= 0.3 is 0 Å². The van der Waals surface area contributed by atoms with Crippen LogP contribution in [0, 0.1) is 11.3 Å². The number of carbonyl (C=O) groups excluding carboxylic acids is 1. The Kier molecular flexibility index (Phi) is 5.55. The molecule has 9 heteroatoms. The molecule has 1 saturated heterocycles. The van der Waals surface area contributed by atoms with Gasteiger partial charge in [-0.05, 0) is 42.5 Å². The van der Waals surface area contributed by atoms with Crippen LogP contribution < -0.4 is 4.90 Å². The largest absolute Gasteiger partial charge is 0.463 e. The summed E-state index contributed by atoms with van der Waals surface area (Å²) in [5.41, 5.74) is 2.25. The lowest BCUT2D eigenvalue weighted by Crippen LogP contribution is -2.49. The minimum Gasteiger partial charge on any atom is -0.463 e. The van der Waals surface area contributed by atoms with Gasteiger partial charge in [0.2, 0.25) is 0 Å². The molecular formula is C24H19ClN6O2. The summed E-state index contributed by atoms with van der Waals surface area (Å²) < 4.78 is 7.24. The molecule has 33 heavy (non-hydrogen) atoms. The molecule has 164 valence electrons. The molecule has 0 radical (unpaired) electrons. The molecule has 0 spiro atoms. The van der Waals surface area contributed by atoms with E-state index in [-0.39, 0.29) is 5.91 Å². The van der Waals surface area contributed by atoms with Crippen molar-refractivity contribution in [1.29, 1.82) is 5.26 Å². The van der Waals surface area contributed by atoms with Crippen LogP contribution >= 0.6 is 11.6 Å². The van der Waals surface area contributed by atoms with E-state index in [1.165, 1.54) is 0 Å². The number of halogens is 1. The van der Waals surface area contributed by atoms with E-state index in [0.717, 1.165) is 5.69 Å². The summed E-state index contributed by atoms with van der Waals surface area (Å²) in [6.07, 6.45) is 3.25. The highest BCUT2D eigenvalue weighted by atomic mass is 35.5. The maximum Gasteiger partial charge on any atom is 0.274 e. The number of furan rings is 1. The van der Waals surface area contributed by atoms with Crippen LogP contribution in [-0.4, -0.2) is 51.8 Å². The van der Waals surface area contributed by atoms with Crippen molar-refractivity contribution in [2.45, 2.75) is 0 Å². The summed E-state index contributed by atoms with van der Waals surface area (Å²) in [6.45, 7) is 2.16. The molecule has 8 nitrogen and oxygen atoms in total. The number of aromatic nitrogens is 3. The molecule has 1 aliphatic heterocycles. The monoisotopic (exact) mass is 458 g/mol. The second-order valence-electron chi connectivity index (χ2n) is 7.55. The molecule has 0 unspecified atom stereocenters.